The summed E-state index contributed by atoms with van der Waals surface area (Å²) in [7, 11) is 0. The lowest BCUT2D eigenvalue weighted by Gasteiger charge is -2.14. The smallest absolute Gasteiger partial charge is 0.397 e. The van der Waals surface area contributed by atoms with E-state index in [4.69, 9.17) is 5.73 Å². The molecular formula is C11H15F3N2O. The van der Waals surface area contributed by atoms with Gasteiger partial charge in [-0.2, -0.15) is 13.2 Å². The number of ketones is 1. The van der Waals surface area contributed by atoms with Crippen molar-refractivity contribution in [1.82, 2.24) is 4.57 Å². The van der Waals surface area contributed by atoms with Gasteiger partial charge in [0, 0.05) is 12.2 Å². The highest BCUT2D eigenvalue weighted by molar-refractivity contribution is 6.03. The molecule has 1 aromatic rings. The minimum Gasteiger partial charge on any atom is -0.397 e. The number of rotatable bonds is 3. The minimum absolute atomic E-state index is 0.120. The number of hydrogen-bond acceptors (Lipinski definition) is 2. The summed E-state index contributed by atoms with van der Waals surface area (Å²) < 4.78 is 38.6. The molecule has 1 aromatic heterocycles. The molecule has 6 heteroatoms. The number of nitrogens with two attached hydrogens (primary N) is 1. The maximum Gasteiger partial charge on any atom is 0.456 e. The topological polar surface area (TPSA) is 48.0 Å². The summed E-state index contributed by atoms with van der Waals surface area (Å²) in [6.07, 6.45) is -4.90. The zero-order valence-corrected chi connectivity index (χ0v) is 9.93. The average Bonchev–Trinajstić information content (AvgIpc) is 2.38. The van der Waals surface area contributed by atoms with Gasteiger partial charge >= 0.3 is 6.18 Å². The molecule has 0 aromatic carbocycles. The van der Waals surface area contributed by atoms with E-state index in [1.807, 2.05) is 13.8 Å². The van der Waals surface area contributed by atoms with Crippen LogP contribution in [-0.4, -0.2) is 16.5 Å². The highest BCUT2D eigenvalue weighted by atomic mass is 19.4. The van der Waals surface area contributed by atoms with Crippen LogP contribution in [0.25, 0.3) is 0 Å². The average molecular weight is 248 g/mol. The Labute approximate surface area is 97.4 Å². The van der Waals surface area contributed by atoms with Crippen molar-refractivity contribution >= 4 is 11.5 Å². The van der Waals surface area contributed by atoms with E-state index in [-0.39, 0.29) is 11.6 Å². The van der Waals surface area contributed by atoms with Crippen LogP contribution in [0.2, 0.25) is 0 Å². The third-order valence-corrected chi connectivity index (χ3v) is 2.35. The van der Waals surface area contributed by atoms with E-state index >= 15 is 0 Å². The molecule has 96 valence electrons. The Morgan fingerprint density at radius 3 is 2.41 bits per heavy atom. The maximum absolute atomic E-state index is 12.4. The highest BCUT2D eigenvalue weighted by Crippen LogP contribution is 2.28. The fourth-order valence-electron chi connectivity index (χ4n) is 1.69. The Bertz CT molecular complexity index is 433. The first-order valence-electron chi connectivity index (χ1n) is 5.21. The van der Waals surface area contributed by atoms with Gasteiger partial charge < -0.3 is 10.3 Å². The molecule has 0 aliphatic heterocycles. The molecule has 17 heavy (non-hydrogen) atoms. The fraction of sp³-hybridized carbons (Fsp3) is 0.545. The number of Topliss-reactive ketones (excluding diaryl/α,β-unsaturated/α-hetero) is 1. The Hall–Kier alpha value is -1.46. The van der Waals surface area contributed by atoms with Gasteiger partial charge in [-0.1, -0.05) is 13.8 Å². The van der Waals surface area contributed by atoms with E-state index in [2.05, 4.69) is 0 Å². The van der Waals surface area contributed by atoms with Crippen molar-refractivity contribution in [3.05, 3.63) is 17.5 Å². The number of aryl methyl sites for hydroxylation is 1. The van der Waals surface area contributed by atoms with Crippen molar-refractivity contribution in [2.24, 2.45) is 5.92 Å². The Balaban J connectivity index is 3.27. The third kappa shape index (κ3) is 2.81. The zero-order chi connectivity index (χ0) is 13.4. The van der Waals surface area contributed by atoms with Gasteiger partial charge in [0.05, 0.1) is 5.69 Å². The van der Waals surface area contributed by atoms with Gasteiger partial charge in [-0.15, -0.1) is 0 Å². The molecule has 0 unspecified atom stereocenters. The molecular weight excluding hydrogens is 233 g/mol. The van der Waals surface area contributed by atoms with E-state index < -0.39 is 17.7 Å². The minimum atomic E-state index is -4.90. The molecule has 0 aliphatic rings. The molecule has 0 atom stereocenters. The Morgan fingerprint density at radius 1 is 1.47 bits per heavy atom. The number of nitrogens with zero attached hydrogens (tertiary/aromatic N) is 1. The van der Waals surface area contributed by atoms with Crippen molar-refractivity contribution < 1.29 is 18.0 Å². The van der Waals surface area contributed by atoms with Crippen LogP contribution in [0.3, 0.4) is 0 Å². The fourth-order valence-corrected chi connectivity index (χ4v) is 1.69. The molecule has 0 saturated heterocycles. The number of carbonyl (C=O) groups excluding carboxylic acids is 1. The van der Waals surface area contributed by atoms with Crippen molar-refractivity contribution in [3.8, 4) is 0 Å². The number of nitrogen functional groups attached to an aromatic ring is 1. The van der Waals surface area contributed by atoms with Crippen LogP contribution in [0.4, 0.5) is 18.9 Å². The highest BCUT2D eigenvalue weighted by Gasteiger charge is 2.42. The second kappa shape index (κ2) is 4.43. The van der Waals surface area contributed by atoms with Gasteiger partial charge in [-0.3, -0.25) is 4.79 Å². The van der Waals surface area contributed by atoms with Gasteiger partial charge in [0.2, 0.25) is 0 Å². The first-order chi connectivity index (χ1) is 7.64. The van der Waals surface area contributed by atoms with Gasteiger partial charge in [0.15, 0.2) is 0 Å². The standard InChI is InChI=1S/C11H15F3N2O/c1-6(2)5-16-7(3)4-8(15)9(16)10(17)11(12,13)14/h4,6H,5,15H2,1-3H3. The summed E-state index contributed by atoms with van der Waals surface area (Å²) in [5, 5.41) is 0. The SMILES string of the molecule is Cc1cc(N)c(C(=O)C(F)(F)F)n1CC(C)C. The van der Waals surface area contributed by atoms with Crippen LogP contribution in [0, 0.1) is 12.8 Å². The summed E-state index contributed by atoms with van der Waals surface area (Å²) >= 11 is 0. The number of aromatic nitrogens is 1. The van der Waals surface area contributed by atoms with Crippen LogP contribution in [0.5, 0.6) is 0 Å². The predicted molar refractivity (Wildman–Crippen MR) is 58.8 cm³/mol. The number of alkyl halides is 3. The summed E-state index contributed by atoms with van der Waals surface area (Å²) in [6, 6.07) is 1.39. The van der Waals surface area contributed by atoms with E-state index in [9.17, 15) is 18.0 Å². The third-order valence-electron chi connectivity index (χ3n) is 2.35. The Morgan fingerprint density at radius 2 is 2.00 bits per heavy atom. The first kappa shape index (κ1) is 13.6. The van der Waals surface area contributed by atoms with Crippen molar-refractivity contribution in [2.75, 3.05) is 5.73 Å². The molecule has 1 rings (SSSR count). The van der Waals surface area contributed by atoms with E-state index in [1.165, 1.54) is 10.6 Å². The molecule has 0 amide bonds. The monoisotopic (exact) mass is 248 g/mol. The zero-order valence-electron chi connectivity index (χ0n) is 9.93. The second-order valence-electron chi connectivity index (χ2n) is 4.42. The van der Waals surface area contributed by atoms with Crippen LogP contribution in [-0.2, 0) is 6.54 Å². The molecule has 3 nitrogen and oxygen atoms in total. The number of hydrogen-bond donors (Lipinski definition) is 1. The molecule has 0 fully saturated rings. The second-order valence-corrected chi connectivity index (χ2v) is 4.42. The molecule has 0 radical (unpaired) electrons. The first-order valence-corrected chi connectivity index (χ1v) is 5.21. The number of carbonyl (C=O) groups is 1. The largest absolute Gasteiger partial charge is 0.456 e. The molecule has 0 spiro atoms. The van der Waals surface area contributed by atoms with Crippen LogP contribution < -0.4 is 5.73 Å². The lowest BCUT2D eigenvalue weighted by molar-refractivity contribution is -0.0890. The maximum atomic E-state index is 12.4. The molecule has 2 N–H and O–H groups in total. The number of anilines is 1. The lowest BCUT2D eigenvalue weighted by Crippen LogP contribution is -2.27. The summed E-state index contributed by atoms with van der Waals surface area (Å²) in [6.45, 7) is 5.68. The van der Waals surface area contributed by atoms with Crippen LogP contribution in [0.15, 0.2) is 6.07 Å². The van der Waals surface area contributed by atoms with Crippen molar-refractivity contribution in [2.45, 2.75) is 33.5 Å². The van der Waals surface area contributed by atoms with E-state index in [0.29, 0.717) is 12.2 Å². The van der Waals surface area contributed by atoms with Gasteiger partial charge in [0.25, 0.3) is 5.78 Å². The van der Waals surface area contributed by atoms with Crippen LogP contribution in [0.1, 0.15) is 30.0 Å². The summed E-state index contributed by atoms with van der Waals surface area (Å²) in [4.78, 5) is 11.3. The molecule has 0 bridgehead atoms. The molecule has 0 saturated carbocycles. The molecule has 1 heterocycles. The number of halogens is 3. The lowest BCUT2D eigenvalue weighted by atomic mass is 10.2. The Kier molecular flexibility index (Phi) is 3.54. The quantitative estimate of drug-likeness (QED) is 0.836. The van der Waals surface area contributed by atoms with Crippen molar-refractivity contribution in [3.63, 3.8) is 0 Å². The van der Waals surface area contributed by atoms with Crippen molar-refractivity contribution in [1.29, 1.82) is 0 Å². The summed E-state index contributed by atoms with van der Waals surface area (Å²) in [5.41, 5.74) is 5.46. The molecule has 0 aliphatic carbocycles. The predicted octanol–water partition coefficient (Wildman–Crippen LogP) is 2.78. The van der Waals surface area contributed by atoms with Gasteiger partial charge in [-0.25, -0.2) is 0 Å². The van der Waals surface area contributed by atoms with Gasteiger partial charge in [0.1, 0.15) is 5.69 Å². The normalized spacial score (nSPS) is 12.2. The van der Waals surface area contributed by atoms with Gasteiger partial charge in [-0.05, 0) is 18.9 Å². The van der Waals surface area contributed by atoms with E-state index in [1.54, 1.807) is 6.92 Å². The van der Waals surface area contributed by atoms with Crippen LogP contribution >= 0.6 is 0 Å². The summed E-state index contributed by atoms with van der Waals surface area (Å²) in [5.74, 6) is -1.76. The van der Waals surface area contributed by atoms with E-state index in [0.717, 1.165) is 0 Å².